The summed E-state index contributed by atoms with van der Waals surface area (Å²) >= 11 is 0. The highest BCUT2D eigenvalue weighted by molar-refractivity contribution is 5.91. The van der Waals surface area contributed by atoms with Gasteiger partial charge in [0.2, 0.25) is 0 Å². The van der Waals surface area contributed by atoms with E-state index in [0.29, 0.717) is 5.75 Å². The third-order valence-electron chi connectivity index (χ3n) is 4.15. The number of hydrogen-bond acceptors (Lipinski definition) is 7. The maximum absolute atomic E-state index is 11.2. The number of primary amides is 1. The number of carbonyl (C=O) groups is 1. The summed E-state index contributed by atoms with van der Waals surface area (Å²) in [6, 6.07) is 5.32. The summed E-state index contributed by atoms with van der Waals surface area (Å²) in [5.74, 6) is 1.89. The van der Waals surface area contributed by atoms with Gasteiger partial charge in [-0.15, -0.1) is 0 Å². The Morgan fingerprint density at radius 2 is 2.00 bits per heavy atom. The fourth-order valence-electron chi connectivity index (χ4n) is 2.77. The monoisotopic (exact) mass is 342 g/mol. The number of piperidine rings is 1. The Balaban J connectivity index is 1.59. The fourth-order valence-corrected chi connectivity index (χ4v) is 2.77. The predicted octanol–water partition coefficient (Wildman–Crippen LogP) is 1.08. The van der Waals surface area contributed by atoms with Crippen LogP contribution in [0.25, 0.3) is 0 Å². The van der Waals surface area contributed by atoms with E-state index in [1.54, 1.807) is 18.5 Å². The van der Waals surface area contributed by atoms with E-state index in [4.69, 9.17) is 10.5 Å². The number of pyridine rings is 1. The van der Waals surface area contributed by atoms with Crippen LogP contribution in [0.3, 0.4) is 0 Å². The van der Waals surface area contributed by atoms with Gasteiger partial charge in [-0.25, -0.2) is 9.97 Å². The van der Waals surface area contributed by atoms with Crippen molar-refractivity contribution in [1.29, 1.82) is 0 Å². The molecule has 1 aliphatic rings. The van der Waals surface area contributed by atoms with Crippen LogP contribution in [0.4, 0.5) is 11.6 Å². The molecule has 3 rings (SSSR count). The summed E-state index contributed by atoms with van der Waals surface area (Å²) in [4.78, 5) is 27.9. The largest absolute Gasteiger partial charge is 0.490 e. The molecule has 1 fully saturated rings. The quantitative estimate of drug-likeness (QED) is 0.868. The molecule has 8 nitrogen and oxygen atoms in total. The van der Waals surface area contributed by atoms with Crippen molar-refractivity contribution in [3.63, 3.8) is 0 Å². The lowest BCUT2D eigenvalue weighted by atomic mass is 10.1. The van der Waals surface area contributed by atoms with E-state index in [0.717, 1.165) is 37.6 Å². The van der Waals surface area contributed by atoms with Gasteiger partial charge in [0.15, 0.2) is 0 Å². The van der Waals surface area contributed by atoms with Gasteiger partial charge in [0, 0.05) is 58.4 Å². The second-order valence-corrected chi connectivity index (χ2v) is 6.17. The van der Waals surface area contributed by atoms with Crippen molar-refractivity contribution in [2.24, 2.45) is 5.73 Å². The second-order valence-electron chi connectivity index (χ2n) is 6.17. The van der Waals surface area contributed by atoms with Gasteiger partial charge in [-0.05, 0) is 6.07 Å². The fraction of sp³-hybridized carbons (Fsp3) is 0.412. The van der Waals surface area contributed by atoms with Gasteiger partial charge < -0.3 is 20.3 Å². The van der Waals surface area contributed by atoms with Gasteiger partial charge in [0.1, 0.15) is 35.5 Å². The first kappa shape index (κ1) is 16.9. The molecule has 8 heteroatoms. The Labute approximate surface area is 146 Å². The van der Waals surface area contributed by atoms with Gasteiger partial charge in [0.25, 0.3) is 5.91 Å². The molecule has 25 heavy (non-hydrogen) atoms. The molecule has 2 aromatic heterocycles. The average molecular weight is 342 g/mol. The first-order chi connectivity index (χ1) is 12.0. The topological polar surface area (TPSA) is 97.5 Å². The van der Waals surface area contributed by atoms with Gasteiger partial charge in [-0.3, -0.25) is 9.78 Å². The molecule has 0 atom stereocenters. The Morgan fingerprint density at radius 3 is 2.68 bits per heavy atom. The molecule has 132 valence electrons. The maximum Gasteiger partial charge on any atom is 0.267 e. The minimum Gasteiger partial charge on any atom is -0.490 e. The van der Waals surface area contributed by atoms with Gasteiger partial charge in [0.05, 0.1) is 0 Å². The van der Waals surface area contributed by atoms with Crippen molar-refractivity contribution in [3.8, 4) is 5.75 Å². The van der Waals surface area contributed by atoms with Crippen LogP contribution in [0, 0.1) is 0 Å². The summed E-state index contributed by atoms with van der Waals surface area (Å²) < 4.78 is 5.98. The molecule has 1 saturated heterocycles. The SMILES string of the molecule is CN(C)c1cc(N2CCC(Oc3ccnc(C(N)=O)c3)CC2)ncn1. The molecule has 0 spiro atoms. The Bertz CT molecular complexity index is 743. The second kappa shape index (κ2) is 7.33. The van der Waals surface area contributed by atoms with Crippen LogP contribution < -0.4 is 20.3 Å². The van der Waals surface area contributed by atoms with Crippen LogP contribution in [0.2, 0.25) is 0 Å². The van der Waals surface area contributed by atoms with Crippen LogP contribution in [-0.2, 0) is 0 Å². The van der Waals surface area contributed by atoms with Gasteiger partial charge in [-0.1, -0.05) is 0 Å². The molecule has 2 aromatic rings. The van der Waals surface area contributed by atoms with Crippen molar-refractivity contribution in [3.05, 3.63) is 36.4 Å². The smallest absolute Gasteiger partial charge is 0.267 e. The predicted molar refractivity (Wildman–Crippen MR) is 95.0 cm³/mol. The minimum absolute atomic E-state index is 0.0922. The van der Waals surface area contributed by atoms with E-state index in [2.05, 4.69) is 19.9 Å². The Morgan fingerprint density at radius 1 is 1.24 bits per heavy atom. The summed E-state index contributed by atoms with van der Waals surface area (Å²) in [5, 5.41) is 0. The molecule has 0 unspecified atom stereocenters. The zero-order valence-corrected chi connectivity index (χ0v) is 14.4. The number of rotatable bonds is 5. The van der Waals surface area contributed by atoms with Crippen molar-refractivity contribution in [1.82, 2.24) is 15.0 Å². The van der Waals surface area contributed by atoms with Crippen LogP contribution in [0.5, 0.6) is 5.75 Å². The Hall–Kier alpha value is -2.90. The average Bonchev–Trinajstić information content (AvgIpc) is 2.62. The molecule has 0 saturated carbocycles. The first-order valence-electron chi connectivity index (χ1n) is 8.20. The molecule has 3 heterocycles. The molecule has 0 bridgehead atoms. The van der Waals surface area contributed by atoms with Crippen LogP contribution in [-0.4, -0.2) is 54.1 Å². The van der Waals surface area contributed by atoms with Crippen molar-refractivity contribution >= 4 is 17.5 Å². The van der Waals surface area contributed by atoms with Crippen molar-refractivity contribution in [2.75, 3.05) is 37.0 Å². The van der Waals surface area contributed by atoms with E-state index >= 15 is 0 Å². The van der Waals surface area contributed by atoms with E-state index < -0.39 is 5.91 Å². The third-order valence-corrected chi connectivity index (χ3v) is 4.15. The molecular formula is C17H22N6O2. The highest BCUT2D eigenvalue weighted by atomic mass is 16.5. The highest BCUT2D eigenvalue weighted by Gasteiger charge is 2.22. The van der Waals surface area contributed by atoms with E-state index in [1.165, 1.54) is 6.20 Å². The number of aromatic nitrogens is 3. The summed E-state index contributed by atoms with van der Waals surface area (Å²) in [7, 11) is 3.92. The number of nitrogens with two attached hydrogens (primary N) is 1. The van der Waals surface area contributed by atoms with Crippen LogP contribution >= 0.6 is 0 Å². The highest BCUT2D eigenvalue weighted by Crippen LogP contribution is 2.23. The molecule has 0 aromatic carbocycles. The summed E-state index contributed by atoms with van der Waals surface area (Å²) in [6.45, 7) is 1.70. The van der Waals surface area contributed by atoms with Gasteiger partial charge in [-0.2, -0.15) is 0 Å². The standard InChI is InChI=1S/C17H22N6O2/c1-22(2)15-10-16(21-11-20-15)23-7-4-12(5-8-23)25-13-3-6-19-14(9-13)17(18)24/h3,6,9-12H,4-5,7-8H2,1-2H3,(H2,18,24). The summed E-state index contributed by atoms with van der Waals surface area (Å²) in [6.07, 6.45) is 4.96. The summed E-state index contributed by atoms with van der Waals surface area (Å²) in [5.41, 5.74) is 5.47. The van der Waals surface area contributed by atoms with Gasteiger partial charge >= 0.3 is 0 Å². The molecule has 0 radical (unpaired) electrons. The lowest BCUT2D eigenvalue weighted by molar-refractivity contribution is 0.0994. The lowest BCUT2D eigenvalue weighted by Gasteiger charge is -2.33. The van der Waals surface area contributed by atoms with Crippen molar-refractivity contribution < 1.29 is 9.53 Å². The molecule has 0 aliphatic carbocycles. The zero-order chi connectivity index (χ0) is 17.8. The number of carbonyl (C=O) groups excluding carboxylic acids is 1. The van der Waals surface area contributed by atoms with E-state index in [-0.39, 0.29) is 11.8 Å². The minimum atomic E-state index is -0.555. The third kappa shape index (κ3) is 4.14. The first-order valence-corrected chi connectivity index (χ1v) is 8.20. The van der Waals surface area contributed by atoms with E-state index in [9.17, 15) is 4.79 Å². The number of ether oxygens (including phenoxy) is 1. The normalized spacial score (nSPS) is 15.0. The number of anilines is 2. The van der Waals surface area contributed by atoms with Crippen LogP contribution in [0.1, 0.15) is 23.3 Å². The molecule has 2 N–H and O–H groups in total. The number of hydrogen-bond donors (Lipinski definition) is 1. The maximum atomic E-state index is 11.2. The van der Waals surface area contributed by atoms with Crippen LogP contribution in [0.15, 0.2) is 30.7 Å². The van der Waals surface area contributed by atoms with Crippen molar-refractivity contribution in [2.45, 2.75) is 18.9 Å². The molecular weight excluding hydrogens is 320 g/mol. The lowest BCUT2D eigenvalue weighted by Crippen LogP contribution is -2.38. The molecule has 1 amide bonds. The zero-order valence-electron chi connectivity index (χ0n) is 14.4. The molecule has 1 aliphatic heterocycles. The number of amides is 1. The van der Waals surface area contributed by atoms with E-state index in [1.807, 2.05) is 25.1 Å². The number of nitrogens with zero attached hydrogens (tertiary/aromatic N) is 5. The Kier molecular flexibility index (Phi) is 4.97.